The lowest BCUT2D eigenvalue weighted by atomic mass is 10.2. The van der Waals surface area contributed by atoms with Crippen molar-refractivity contribution in [3.63, 3.8) is 0 Å². The molecule has 7 nitrogen and oxygen atoms in total. The third-order valence-electron chi connectivity index (χ3n) is 4.03. The predicted molar refractivity (Wildman–Crippen MR) is 97.0 cm³/mol. The molecular formula is C18H14F4N4O3S. The van der Waals surface area contributed by atoms with Gasteiger partial charge in [0.05, 0.1) is 10.6 Å². The van der Waals surface area contributed by atoms with Gasteiger partial charge in [0.2, 0.25) is 0 Å². The van der Waals surface area contributed by atoms with Gasteiger partial charge in [-0.25, -0.2) is 17.5 Å². The summed E-state index contributed by atoms with van der Waals surface area (Å²) in [4.78, 5) is 12.4. The van der Waals surface area contributed by atoms with Crippen molar-refractivity contribution in [3.05, 3.63) is 71.3 Å². The molecule has 0 saturated heterocycles. The molecule has 0 radical (unpaired) electrons. The molecule has 0 aliphatic rings. The molecule has 0 fully saturated rings. The molecular weight excluding hydrogens is 428 g/mol. The van der Waals surface area contributed by atoms with Gasteiger partial charge in [0, 0.05) is 12.8 Å². The smallest absolute Gasteiger partial charge is 0.346 e. The zero-order valence-electron chi connectivity index (χ0n) is 15.3. The Morgan fingerprint density at radius 1 is 1.07 bits per heavy atom. The molecule has 0 unspecified atom stereocenters. The first-order valence-electron chi connectivity index (χ1n) is 8.33. The van der Waals surface area contributed by atoms with Gasteiger partial charge in [-0.05, 0) is 42.0 Å². The second-order valence-corrected chi connectivity index (χ2v) is 8.29. The van der Waals surface area contributed by atoms with Crippen molar-refractivity contribution >= 4 is 15.7 Å². The highest BCUT2D eigenvalue weighted by atomic mass is 32.2. The number of nitrogens with one attached hydrogen (secondary N) is 1. The molecule has 0 atom stereocenters. The van der Waals surface area contributed by atoms with Crippen molar-refractivity contribution < 1.29 is 30.8 Å². The van der Waals surface area contributed by atoms with Crippen LogP contribution in [0.1, 0.15) is 21.7 Å². The van der Waals surface area contributed by atoms with Crippen molar-refractivity contribution in [1.29, 1.82) is 0 Å². The number of aromatic nitrogens is 3. The summed E-state index contributed by atoms with van der Waals surface area (Å²) in [6.45, 7) is -0.163. The van der Waals surface area contributed by atoms with E-state index >= 15 is 0 Å². The minimum atomic E-state index is -4.96. The minimum absolute atomic E-state index is 0.0687. The van der Waals surface area contributed by atoms with Crippen LogP contribution in [0.3, 0.4) is 0 Å². The first-order valence-corrected chi connectivity index (χ1v) is 10.2. The summed E-state index contributed by atoms with van der Waals surface area (Å²) in [6, 6.07) is 9.56. The molecule has 30 heavy (non-hydrogen) atoms. The summed E-state index contributed by atoms with van der Waals surface area (Å²) in [5, 5.41) is 9.04. The number of halogens is 4. The summed E-state index contributed by atoms with van der Waals surface area (Å²) >= 11 is 0. The Labute approximate surface area is 168 Å². The molecule has 0 aliphatic carbocycles. The zero-order chi connectivity index (χ0) is 22.1. The summed E-state index contributed by atoms with van der Waals surface area (Å²) < 4.78 is 77.1. The molecule has 1 N–H and O–H groups in total. The number of nitrogens with zero attached hydrogens (tertiary/aromatic N) is 3. The van der Waals surface area contributed by atoms with Gasteiger partial charge in [0.15, 0.2) is 21.2 Å². The maximum absolute atomic E-state index is 13.6. The normalized spacial score (nSPS) is 12.0. The van der Waals surface area contributed by atoms with Crippen molar-refractivity contribution in [1.82, 2.24) is 20.3 Å². The summed E-state index contributed by atoms with van der Waals surface area (Å²) in [5.74, 6) is -1.77. The molecule has 0 saturated carbocycles. The van der Waals surface area contributed by atoms with E-state index in [4.69, 9.17) is 0 Å². The van der Waals surface area contributed by atoms with E-state index in [9.17, 15) is 30.8 Å². The van der Waals surface area contributed by atoms with Crippen LogP contribution in [0.15, 0.2) is 53.4 Å². The molecule has 0 aliphatic heterocycles. The van der Waals surface area contributed by atoms with Crippen LogP contribution >= 0.6 is 0 Å². The van der Waals surface area contributed by atoms with Gasteiger partial charge in [-0.1, -0.05) is 17.3 Å². The SMILES string of the molecule is CS(=O)(=O)c1ccc(CNC(=O)c2nnn(-c3ccc(F)cc3)c2C(F)(F)F)cc1. The Morgan fingerprint density at radius 3 is 2.20 bits per heavy atom. The van der Waals surface area contributed by atoms with E-state index in [1.54, 1.807) is 0 Å². The molecule has 0 spiro atoms. The van der Waals surface area contributed by atoms with Crippen LogP contribution in [-0.2, 0) is 22.6 Å². The zero-order valence-corrected chi connectivity index (χ0v) is 16.1. The number of hydrogen-bond acceptors (Lipinski definition) is 5. The summed E-state index contributed by atoms with van der Waals surface area (Å²) in [5.41, 5.74) is -2.00. The largest absolute Gasteiger partial charge is 0.435 e. The van der Waals surface area contributed by atoms with E-state index in [1.165, 1.54) is 24.3 Å². The fraction of sp³-hybridized carbons (Fsp3) is 0.167. The highest BCUT2D eigenvalue weighted by molar-refractivity contribution is 7.90. The van der Waals surface area contributed by atoms with E-state index in [0.29, 0.717) is 10.2 Å². The molecule has 1 heterocycles. The summed E-state index contributed by atoms with van der Waals surface area (Å²) in [6.07, 6.45) is -3.92. The van der Waals surface area contributed by atoms with Gasteiger partial charge < -0.3 is 5.32 Å². The van der Waals surface area contributed by atoms with E-state index in [0.717, 1.165) is 30.5 Å². The van der Waals surface area contributed by atoms with Gasteiger partial charge in [0.1, 0.15) is 5.82 Å². The second kappa shape index (κ2) is 7.86. The number of alkyl halides is 3. The lowest BCUT2D eigenvalue weighted by Gasteiger charge is -2.11. The van der Waals surface area contributed by atoms with Crippen LogP contribution in [0.2, 0.25) is 0 Å². The Kier molecular flexibility index (Phi) is 5.61. The van der Waals surface area contributed by atoms with Crippen molar-refractivity contribution in [2.45, 2.75) is 17.6 Å². The maximum Gasteiger partial charge on any atom is 0.435 e. The van der Waals surface area contributed by atoms with Crippen LogP contribution in [0.25, 0.3) is 5.69 Å². The first-order chi connectivity index (χ1) is 14.0. The maximum atomic E-state index is 13.6. The van der Waals surface area contributed by atoms with Crippen LogP contribution in [0.4, 0.5) is 17.6 Å². The molecule has 3 rings (SSSR count). The van der Waals surface area contributed by atoms with E-state index in [1.807, 2.05) is 0 Å². The molecule has 1 aromatic heterocycles. The van der Waals surface area contributed by atoms with Gasteiger partial charge >= 0.3 is 6.18 Å². The van der Waals surface area contributed by atoms with Crippen LogP contribution in [0.5, 0.6) is 0 Å². The Bertz CT molecular complexity index is 1170. The van der Waals surface area contributed by atoms with E-state index in [2.05, 4.69) is 15.6 Å². The molecule has 3 aromatic rings. The number of rotatable bonds is 5. The molecule has 2 aromatic carbocycles. The van der Waals surface area contributed by atoms with E-state index < -0.39 is 39.1 Å². The third kappa shape index (κ3) is 4.64. The van der Waals surface area contributed by atoms with Gasteiger partial charge in [-0.3, -0.25) is 4.79 Å². The standard InChI is InChI=1S/C18H14F4N4O3S/c1-30(28,29)14-8-2-11(3-9-14)10-23-17(27)15-16(18(20,21)22)26(25-24-15)13-6-4-12(19)5-7-13/h2-9H,10H2,1H3,(H,23,27). The fourth-order valence-corrected chi connectivity index (χ4v) is 3.20. The van der Waals surface area contributed by atoms with Crippen LogP contribution in [-0.4, -0.2) is 35.6 Å². The Morgan fingerprint density at radius 2 is 1.67 bits per heavy atom. The van der Waals surface area contributed by atoms with Crippen molar-refractivity contribution in [2.75, 3.05) is 6.26 Å². The molecule has 0 bridgehead atoms. The van der Waals surface area contributed by atoms with Crippen molar-refractivity contribution in [2.24, 2.45) is 0 Å². The number of carbonyl (C=O) groups excluding carboxylic acids is 1. The van der Waals surface area contributed by atoms with Crippen LogP contribution < -0.4 is 5.32 Å². The van der Waals surface area contributed by atoms with Gasteiger partial charge in [-0.15, -0.1) is 5.10 Å². The molecule has 158 valence electrons. The molecule has 12 heteroatoms. The highest BCUT2D eigenvalue weighted by Gasteiger charge is 2.42. The fourth-order valence-electron chi connectivity index (χ4n) is 2.57. The number of benzene rings is 2. The van der Waals surface area contributed by atoms with Crippen LogP contribution in [0, 0.1) is 5.82 Å². The highest BCUT2D eigenvalue weighted by Crippen LogP contribution is 2.32. The average molecular weight is 442 g/mol. The topological polar surface area (TPSA) is 93.9 Å². The number of hydrogen-bond donors (Lipinski definition) is 1. The van der Waals surface area contributed by atoms with E-state index in [-0.39, 0.29) is 17.1 Å². The minimum Gasteiger partial charge on any atom is -0.346 e. The van der Waals surface area contributed by atoms with Gasteiger partial charge in [-0.2, -0.15) is 13.2 Å². The summed E-state index contributed by atoms with van der Waals surface area (Å²) in [7, 11) is -3.40. The lowest BCUT2D eigenvalue weighted by molar-refractivity contribution is -0.143. The quantitative estimate of drug-likeness (QED) is 0.614. The Balaban J connectivity index is 1.84. The Hall–Kier alpha value is -3.28. The predicted octanol–water partition coefficient (Wildman–Crippen LogP) is 2.76. The lowest BCUT2D eigenvalue weighted by Crippen LogP contribution is -2.27. The third-order valence-corrected chi connectivity index (χ3v) is 5.16. The monoisotopic (exact) mass is 442 g/mol. The second-order valence-electron chi connectivity index (χ2n) is 6.27. The number of carbonyl (C=O) groups is 1. The average Bonchev–Trinajstić information content (AvgIpc) is 3.12. The van der Waals surface area contributed by atoms with Gasteiger partial charge in [0.25, 0.3) is 5.91 Å². The first kappa shape index (κ1) is 21.4. The number of amides is 1. The molecule has 1 amide bonds. The number of sulfone groups is 1. The van der Waals surface area contributed by atoms with Crippen molar-refractivity contribution in [3.8, 4) is 5.69 Å².